The van der Waals surface area contributed by atoms with Crippen LogP contribution in [0.15, 0.2) is 30.3 Å². The Labute approximate surface area is 82.2 Å². The minimum absolute atomic E-state index is 0.747. The highest BCUT2D eigenvalue weighted by molar-refractivity contribution is 14.1. The van der Waals surface area contributed by atoms with Crippen LogP contribution in [0.5, 0.6) is 0 Å². The maximum Gasteiger partial charge on any atom is 0.00641 e. The lowest BCUT2D eigenvalue weighted by molar-refractivity contribution is 0.754. The van der Waals surface area contributed by atoms with E-state index in [1.54, 1.807) is 0 Å². The number of rotatable bonds is 3. The summed E-state index contributed by atoms with van der Waals surface area (Å²) in [6.07, 6.45) is 1.24. The van der Waals surface area contributed by atoms with Crippen LogP contribution in [0, 0.1) is 0 Å². The summed E-state index contributed by atoms with van der Waals surface area (Å²) in [5.74, 6) is 0.747. The van der Waals surface area contributed by atoms with E-state index >= 15 is 0 Å². The van der Waals surface area contributed by atoms with Crippen LogP contribution < -0.4 is 0 Å². The third-order valence-electron chi connectivity index (χ3n) is 1.95. The first kappa shape index (κ1) is 9.04. The van der Waals surface area contributed by atoms with E-state index in [-0.39, 0.29) is 0 Å². The largest absolute Gasteiger partial charge is 0.0857 e. The van der Waals surface area contributed by atoms with Gasteiger partial charge in [-0.2, -0.15) is 0 Å². The lowest BCUT2D eigenvalue weighted by Gasteiger charge is -2.10. The summed E-state index contributed by atoms with van der Waals surface area (Å²) in [4.78, 5) is 0. The van der Waals surface area contributed by atoms with Crippen molar-refractivity contribution in [1.29, 1.82) is 0 Å². The van der Waals surface area contributed by atoms with Crippen molar-refractivity contribution < 1.29 is 0 Å². The SMILES string of the molecule is CCC(CI)c1ccccc1. The normalized spacial score (nSPS) is 12.9. The van der Waals surface area contributed by atoms with Crippen LogP contribution in [0.1, 0.15) is 24.8 Å². The Hall–Kier alpha value is -0.0500. The highest BCUT2D eigenvalue weighted by atomic mass is 127. The van der Waals surface area contributed by atoms with Gasteiger partial charge in [-0.05, 0) is 17.9 Å². The molecule has 0 fully saturated rings. The van der Waals surface area contributed by atoms with Crippen molar-refractivity contribution in [2.24, 2.45) is 0 Å². The van der Waals surface area contributed by atoms with Crippen LogP contribution in [0.2, 0.25) is 0 Å². The first-order chi connectivity index (χ1) is 5.38. The third kappa shape index (κ3) is 2.47. The predicted octanol–water partition coefficient (Wildman–Crippen LogP) is 3.62. The molecular formula is C10H13I. The first-order valence-corrected chi connectivity index (χ1v) is 5.52. The van der Waals surface area contributed by atoms with Gasteiger partial charge in [-0.25, -0.2) is 0 Å². The third-order valence-corrected chi connectivity index (χ3v) is 3.01. The predicted molar refractivity (Wildman–Crippen MR) is 58.4 cm³/mol. The van der Waals surface area contributed by atoms with E-state index in [4.69, 9.17) is 0 Å². The average Bonchev–Trinajstić information content (AvgIpc) is 2.09. The lowest BCUT2D eigenvalue weighted by atomic mass is 9.99. The van der Waals surface area contributed by atoms with Crippen LogP contribution in [-0.4, -0.2) is 4.43 Å². The fraction of sp³-hybridized carbons (Fsp3) is 0.400. The topological polar surface area (TPSA) is 0 Å². The van der Waals surface area contributed by atoms with Crippen molar-refractivity contribution in [2.75, 3.05) is 4.43 Å². The molecule has 0 heterocycles. The van der Waals surface area contributed by atoms with Gasteiger partial charge < -0.3 is 0 Å². The van der Waals surface area contributed by atoms with Crippen LogP contribution in [0.3, 0.4) is 0 Å². The van der Waals surface area contributed by atoms with E-state index in [1.807, 2.05) is 0 Å². The molecule has 1 aromatic rings. The van der Waals surface area contributed by atoms with Crippen molar-refractivity contribution in [2.45, 2.75) is 19.3 Å². The molecule has 0 spiro atoms. The second-order valence-corrected chi connectivity index (χ2v) is 3.55. The summed E-state index contributed by atoms with van der Waals surface area (Å²) in [5, 5.41) is 0. The number of halogens is 1. The highest BCUT2D eigenvalue weighted by Gasteiger charge is 2.04. The van der Waals surface area contributed by atoms with Gasteiger partial charge in [0.2, 0.25) is 0 Å². The van der Waals surface area contributed by atoms with E-state index in [0.29, 0.717) is 0 Å². The number of benzene rings is 1. The molecule has 1 atom stereocenters. The zero-order valence-corrected chi connectivity index (χ0v) is 8.91. The molecule has 0 aromatic heterocycles. The van der Waals surface area contributed by atoms with E-state index in [2.05, 4.69) is 59.8 Å². The number of alkyl halides is 1. The molecule has 1 heteroatoms. The second-order valence-electron chi connectivity index (χ2n) is 2.67. The maximum absolute atomic E-state index is 2.45. The molecule has 1 aromatic carbocycles. The van der Waals surface area contributed by atoms with Crippen LogP contribution >= 0.6 is 22.6 Å². The van der Waals surface area contributed by atoms with Crippen molar-refractivity contribution in [3.8, 4) is 0 Å². The molecule has 60 valence electrons. The lowest BCUT2D eigenvalue weighted by Crippen LogP contribution is -1.96. The van der Waals surface area contributed by atoms with Gasteiger partial charge in [0.15, 0.2) is 0 Å². The molecule has 0 radical (unpaired) electrons. The first-order valence-electron chi connectivity index (χ1n) is 3.99. The quantitative estimate of drug-likeness (QED) is 0.575. The monoisotopic (exact) mass is 260 g/mol. The number of hydrogen-bond acceptors (Lipinski definition) is 0. The maximum atomic E-state index is 2.45. The average molecular weight is 260 g/mol. The smallest absolute Gasteiger partial charge is 0.00641 e. The van der Waals surface area contributed by atoms with Crippen molar-refractivity contribution in [3.63, 3.8) is 0 Å². The summed E-state index contributed by atoms with van der Waals surface area (Å²) in [5.41, 5.74) is 1.48. The van der Waals surface area contributed by atoms with E-state index < -0.39 is 0 Å². The minimum atomic E-state index is 0.747. The van der Waals surface area contributed by atoms with Gasteiger partial charge in [0.25, 0.3) is 0 Å². The second kappa shape index (κ2) is 4.75. The summed E-state index contributed by atoms with van der Waals surface area (Å²) in [6.45, 7) is 2.25. The molecule has 0 aliphatic carbocycles. The molecule has 1 rings (SSSR count). The molecule has 0 amide bonds. The fourth-order valence-electron chi connectivity index (χ4n) is 1.16. The van der Waals surface area contributed by atoms with Gasteiger partial charge in [0.05, 0.1) is 0 Å². The molecule has 1 unspecified atom stereocenters. The summed E-state index contributed by atoms with van der Waals surface area (Å²) >= 11 is 2.45. The summed E-state index contributed by atoms with van der Waals surface area (Å²) in [6, 6.07) is 10.7. The Morgan fingerprint density at radius 2 is 1.91 bits per heavy atom. The summed E-state index contributed by atoms with van der Waals surface area (Å²) < 4.78 is 1.22. The summed E-state index contributed by atoms with van der Waals surface area (Å²) in [7, 11) is 0. The minimum Gasteiger partial charge on any atom is -0.0857 e. The Morgan fingerprint density at radius 1 is 1.27 bits per heavy atom. The van der Waals surface area contributed by atoms with Gasteiger partial charge in [-0.1, -0.05) is 59.8 Å². The molecule has 0 aliphatic rings. The molecule has 0 bridgehead atoms. The Morgan fingerprint density at radius 3 is 2.36 bits per heavy atom. The molecule has 0 saturated carbocycles. The molecule has 0 saturated heterocycles. The van der Waals surface area contributed by atoms with Crippen molar-refractivity contribution in [1.82, 2.24) is 0 Å². The van der Waals surface area contributed by atoms with Gasteiger partial charge in [-0.15, -0.1) is 0 Å². The van der Waals surface area contributed by atoms with Crippen molar-refractivity contribution >= 4 is 22.6 Å². The zero-order valence-electron chi connectivity index (χ0n) is 6.76. The Balaban J connectivity index is 2.74. The van der Waals surface area contributed by atoms with Crippen LogP contribution in [0.4, 0.5) is 0 Å². The number of hydrogen-bond donors (Lipinski definition) is 0. The molecule has 0 nitrogen and oxygen atoms in total. The zero-order chi connectivity index (χ0) is 8.10. The van der Waals surface area contributed by atoms with E-state index in [9.17, 15) is 0 Å². The van der Waals surface area contributed by atoms with Gasteiger partial charge in [0, 0.05) is 4.43 Å². The van der Waals surface area contributed by atoms with Crippen LogP contribution in [0.25, 0.3) is 0 Å². The van der Waals surface area contributed by atoms with Crippen LogP contribution in [-0.2, 0) is 0 Å². The molecular weight excluding hydrogens is 247 g/mol. The van der Waals surface area contributed by atoms with Gasteiger partial charge in [-0.3, -0.25) is 0 Å². The van der Waals surface area contributed by atoms with Gasteiger partial charge >= 0.3 is 0 Å². The highest BCUT2D eigenvalue weighted by Crippen LogP contribution is 2.20. The Bertz CT molecular complexity index is 189. The molecule has 0 aliphatic heterocycles. The Kier molecular flexibility index (Phi) is 3.91. The molecule has 0 N–H and O–H groups in total. The fourth-order valence-corrected chi connectivity index (χ4v) is 2.29. The van der Waals surface area contributed by atoms with Gasteiger partial charge in [0.1, 0.15) is 0 Å². The molecule has 11 heavy (non-hydrogen) atoms. The standard InChI is InChI=1S/C10H13I/c1-2-9(8-11)10-6-4-3-5-7-10/h3-7,9H,2,8H2,1H3. The van der Waals surface area contributed by atoms with E-state index in [1.165, 1.54) is 16.4 Å². The van der Waals surface area contributed by atoms with E-state index in [0.717, 1.165) is 5.92 Å². The van der Waals surface area contributed by atoms with Crippen molar-refractivity contribution in [3.05, 3.63) is 35.9 Å².